The zero-order valence-electron chi connectivity index (χ0n) is 13.4. The number of benzene rings is 3. The second-order valence-corrected chi connectivity index (χ2v) is 5.51. The number of carbonyl (C=O) groups excluding carboxylic acids is 1. The summed E-state index contributed by atoms with van der Waals surface area (Å²) in [5.41, 5.74) is 0.390. The van der Waals surface area contributed by atoms with Crippen molar-refractivity contribution in [1.29, 1.82) is 0 Å². The van der Waals surface area contributed by atoms with E-state index in [1.807, 2.05) is 0 Å². The molecule has 0 heterocycles. The van der Waals surface area contributed by atoms with Gasteiger partial charge in [0.15, 0.2) is 0 Å². The molecule has 3 aromatic rings. The van der Waals surface area contributed by atoms with Gasteiger partial charge in [0.25, 0.3) is 5.91 Å². The number of hydrogen-bond donors (Lipinski definition) is 2. The Kier molecular flexibility index (Phi) is 4.75. The van der Waals surface area contributed by atoms with Gasteiger partial charge >= 0.3 is 5.97 Å². The van der Waals surface area contributed by atoms with Crippen LogP contribution in [-0.4, -0.2) is 17.0 Å². The average Bonchev–Trinajstić information content (AvgIpc) is 2.64. The van der Waals surface area contributed by atoms with Gasteiger partial charge in [-0.05, 0) is 48.0 Å². The van der Waals surface area contributed by atoms with Crippen LogP contribution in [0.1, 0.15) is 20.7 Å². The molecular weight excluding hydrogens is 340 g/mol. The van der Waals surface area contributed by atoms with E-state index in [0.29, 0.717) is 5.56 Å². The van der Waals surface area contributed by atoms with E-state index in [9.17, 15) is 23.5 Å². The summed E-state index contributed by atoms with van der Waals surface area (Å²) >= 11 is 0. The Labute approximate surface area is 147 Å². The fraction of sp³-hybridized carbons (Fsp3) is 0. The molecule has 0 saturated heterocycles. The Morgan fingerprint density at radius 2 is 1.62 bits per heavy atom. The van der Waals surface area contributed by atoms with Crippen LogP contribution in [0.15, 0.2) is 66.7 Å². The third-order valence-corrected chi connectivity index (χ3v) is 3.77. The summed E-state index contributed by atoms with van der Waals surface area (Å²) in [5.74, 6) is -3.04. The lowest BCUT2D eigenvalue weighted by Crippen LogP contribution is -2.14. The second-order valence-electron chi connectivity index (χ2n) is 5.51. The highest BCUT2D eigenvalue weighted by atomic mass is 19.1. The molecule has 0 aliphatic rings. The molecule has 3 aromatic carbocycles. The van der Waals surface area contributed by atoms with Gasteiger partial charge < -0.3 is 10.4 Å². The van der Waals surface area contributed by atoms with Crippen LogP contribution >= 0.6 is 0 Å². The van der Waals surface area contributed by atoms with E-state index in [1.165, 1.54) is 18.2 Å². The Balaban J connectivity index is 2.03. The zero-order valence-corrected chi connectivity index (χ0v) is 13.4. The van der Waals surface area contributed by atoms with Gasteiger partial charge in [0.05, 0.1) is 11.3 Å². The molecule has 4 nitrogen and oxygen atoms in total. The molecule has 0 aliphatic carbocycles. The normalized spacial score (nSPS) is 10.4. The summed E-state index contributed by atoms with van der Waals surface area (Å²) in [4.78, 5) is 23.7. The Bertz CT molecular complexity index is 988. The number of anilines is 1. The minimum Gasteiger partial charge on any atom is -0.478 e. The van der Waals surface area contributed by atoms with Crippen molar-refractivity contribution in [3.05, 3.63) is 89.5 Å². The first-order chi connectivity index (χ1) is 12.5. The highest BCUT2D eigenvalue weighted by Crippen LogP contribution is 2.29. The maximum Gasteiger partial charge on any atom is 0.337 e. The third-order valence-electron chi connectivity index (χ3n) is 3.77. The lowest BCUT2D eigenvalue weighted by atomic mass is 10.0. The minimum atomic E-state index is -1.25. The number of hydrogen-bond acceptors (Lipinski definition) is 2. The number of aromatic carboxylic acids is 1. The van der Waals surface area contributed by atoms with Crippen LogP contribution in [0.3, 0.4) is 0 Å². The van der Waals surface area contributed by atoms with Crippen molar-refractivity contribution in [2.75, 3.05) is 5.32 Å². The molecule has 0 atom stereocenters. The lowest BCUT2D eigenvalue weighted by molar-refractivity contribution is 0.0698. The molecule has 130 valence electrons. The van der Waals surface area contributed by atoms with Gasteiger partial charge in [-0.15, -0.1) is 0 Å². The SMILES string of the molecule is O=C(Nc1cc(-c2cc(F)ccc2F)ccc1C(=O)O)c1ccccc1. The van der Waals surface area contributed by atoms with E-state index in [0.717, 1.165) is 18.2 Å². The Morgan fingerprint density at radius 3 is 2.31 bits per heavy atom. The Morgan fingerprint density at radius 1 is 0.885 bits per heavy atom. The number of carboxylic acids is 1. The monoisotopic (exact) mass is 353 g/mol. The van der Waals surface area contributed by atoms with Crippen LogP contribution in [0.25, 0.3) is 11.1 Å². The van der Waals surface area contributed by atoms with E-state index in [4.69, 9.17) is 0 Å². The highest BCUT2D eigenvalue weighted by molar-refractivity contribution is 6.08. The molecule has 2 N–H and O–H groups in total. The number of amides is 1. The van der Waals surface area contributed by atoms with E-state index in [-0.39, 0.29) is 22.4 Å². The smallest absolute Gasteiger partial charge is 0.337 e. The first-order valence-corrected chi connectivity index (χ1v) is 7.65. The fourth-order valence-corrected chi connectivity index (χ4v) is 2.50. The summed E-state index contributed by atoms with van der Waals surface area (Å²) in [7, 11) is 0. The quantitative estimate of drug-likeness (QED) is 0.721. The second kappa shape index (κ2) is 7.14. The summed E-state index contributed by atoms with van der Waals surface area (Å²) < 4.78 is 27.4. The van der Waals surface area contributed by atoms with Crippen molar-refractivity contribution in [3.63, 3.8) is 0 Å². The maximum absolute atomic E-state index is 14.0. The van der Waals surface area contributed by atoms with Gasteiger partial charge in [0, 0.05) is 11.1 Å². The molecule has 3 rings (SSSR count). The van der Waals surface area contributed by atoms with Gasteiger partial charge in [-0.25, -0.2) is 13.6 Å². The largest absolute Gasteiger partial charge is 0.478 e. The van der Waals surface area contributed by atoms with Crippen LogP contribution in [0.2, 0.25) is 0 Å². The molecule has 0 aromatic heterocycles. The van der Waals surface area contributed by atoms with Crippen molar-refractivity contribution < 1.29 is 23.5 Å². The molecule has 0 radical (unpaired) electrons. The van der Waals surface area contributed by atoms with Crippen LogP contribution in [-0.2, 0) is 0 Å². The molecule has 6 heteroatoms. The zero-order chi connectivity index (χ0) is 18.7. The molecule has 0 saturated carbocycles. The lowest BCUT2D eigenvalue weighted by Gasteiger charge is -2.12. The van der Waals surface area contributed by atoms with Crippen LogP contribution in [0.4, 0.5) is 14.5 Å². The van der Waals surface area contributed by atoms with Gasteiger partial charge in [-0.1, -0.05) is 24.3 Å². The predicted molar refractivity (Wildman–Crippen MR) is 93.1 cm³/mol. The van der Waals surface area contributed by atoms with Crippen LogP contribution < -0.4 is 5.32 Å². The predicted octanol–water partition coefficient (Wildman–Crippen LogP) is 4.58. The number of halogens is 2. The maximum atomic E-state index is 14.0. The summed E-state index contributed by atoms with van der Waals surface area (Å²) in [6, 6.07) is 15.1. The first kappa shape index (κ1) is 17.3. The molecule has 0 unspecified atom stereocenters. The highest BCUT2D eigenvalue weighted by Gasteiger charge is 2.16. The van der Waals surface area contributed by atoms with Crippen LogP contribution in [0.5, 0.6) is 0 Å². The number of nitrogens with one attached hydrogen (secondary N) is 1. The van der Waals surface area contributed by atoms with Gasteiger partial charge in [-0.2, -0.15) is 0 Å². The third kappa shape index (κ3) is 3.59. The molecule has 0 fully saturated rings. The van der Waals surface area contributed by atoms with Crippen molar-refractivity contribution >= 4 is 17.6 Å². The van der Waals surface area contributed by atoms with Crippen LogP contribution in [0, 0.1) is 11.6 Å². The fourth-order valence-electron chi connectivity index (χ4n) is 2.50. The summed E-state index contributed by atoms with van der Waals surface area (Å²) in [5, 5.41) is 11.8. The number of carbonyl (C=O) groups is 2. The molecule has 26 heavy (non-hydrogen) atoms. The Hall–Kier alpha value is -3.54. The van der Waals surface area contributed by atoms with Gasteiger partial charge in [-0.3, -0.25) is 4.79 Å². The average molecular weight is 353 g/mol. The van der Waals surface area contributed by atoms with Crippen molar-refractivity contribution in [2.24, 2.45) is 0 Å². The van der Waals surface area contributed by atoms with E-state index in [2.05, 4.69) is 5.32 Å². The molecule has 0 bridgehead atoms. The van der Waals surface area contributed by atoms with E-state index >= 15 is 0 Å². The molecule has 1 amide bonds. The number of carboxylic acid groups (broad SMARTS) is 1. The molecule has 0 spiro atoms. The van der Waals surface area contributed by atoms with Gasteiger partial charge in [0.1, 0.15) is 11.6 Å². The van der Waals surface area contributed by atoms with Crippen molar-refractivity contribution in [2.45, 2.75) is 0 Å². The van der Waals surface area contributed by atoms with E-state index < -0.39 is 23.5 Å². The molecular formula is C20H13F2NO3. The standard InChI is InChI=1S/C20H13F2NO3/c21-14-7-9-17(22)16(11-14)13-6-8-15(20(25)26)18(10-13)23-19(24)12-4-2-1-3-5-12/h1-11H,(H,23,24)(H,25,26). The number of rotatable bonds is 4. The summed E-state index contributed by atoms with van der Waals surface area (Å²) in [6.45, 7) is 0. The molecule has 0 aliphatic heterocycles. The van der Waals surface area contributed by atoms with Crippen molar-refractivity contribution in [3.8, 4) is 11.1 Å². The topological polar surface area (TPSA) is 66.4 Å². The van der Waals surface area contributed by atoms with Crippen molar-refractivity contribution in [1.82, 2.24) is 0 Å². The first-order valence-electron chi connectivity index (χ1n) is 7.65. The minimum absolute atomic E-state index is 0.00693. The van der Waals surface area contributed by atoms with E-state index in [1.54, 1.807) is 30.3 Å². The summed E-state index contributed by atoms with van der Waals surface area (Å²) in [6.07, 6.45) is 0. The van der Waals surface area contributed by atoms with Gasteiger partial charge in [0.2, 0.25) is 0 Å².